The molecule has 2 rings (SSSR count). The van der Waals surface area contributed by atoms with E-state index in [1.54, 1.807) is 30.3 Å². The summed E-state index contributed by atoms with van der Waals surface area (Å²) in [5.74, 6) is -0.0536. The molecule has 0 heterocycles. The first-order chi connectivity index (χ1) is 9.85. The van der Waals surface area contributed by atoms with Crippen LogP contribution in [0.25, 0.3) is 6.08 Å². The Balaban J connectivity index is 2.16. The molecule has 0 aliphatic rings. The van der Waals surface area contributed by atoms with Gasteiger partial charge in [0.05, 0.1) is 5.75 Å². The molecule has 0 aromatic heterocycles. The standard InChI is InChI=1S/C15H11BrCl2O2S/c16-13-4-1-11(2-5-13)10-21(19,20)8-7-12-3-6-14(17)9-15(12)18/h1-9H,10H2. The molecule has 21 heavy (non-hydrogen) atoms. The highest BCUT2D eigenvalue weighted by Crippen LogP contribution is 2.22. The molecule has 0 spiro atoms. The molecule has 2 aromatic rings. The van der Waals surface area contributed by atoms with Crippen molar-refractivity contribution in [3.63, 3.8) is 0 Å². The Morgan fingerprint density at radius 3 is 2.33 bits per heavy atom. The molecule has 0 saturated carbocycles. The fourth-order valence-electron chi connectivity index (χ4n) is 1.67. The average Bonchev–Trinajstić information content (AvgIpc) is 2.40. The van der Waals surface area contributed by atoms with Crippen molar-refractivity contribution >= 4 is 55.0 Å². The molecule has 0 bridgehead atoms. The van der Waals surface area contributed by atoms with Gasteiger partial charge in [-0.3, -0.25) is 0 Å². The first-order valence-corrected chi connectivity index (χ1v) is 9.22. The summed E-state index contributed by atoms with van der Waals surface area (Å²) < 4.78 is 25.0. The van der Waals surface area contributed by atoms with Crippen molar-refractivity contribution in [2.24, 2.45) is 0 Å². The summed E-state index contributed by atoms with van der Waals surface area (Å²) in [6.45, 7) is 0. The molecule has 110 valence electrons. The van der Waals surface area contributed by atoms with Crippen LogP contribution in [0, 0.1) is 0 Å². The Kier molecular flexibility index (Phi) is 5.49. The molecule has 0 amide bonds. The topological polar surface area (TPSA) is 34.1 Å². The summed E-state index contributed by atoms with van der Waals surface area (Å²) >= 11 is 15.1. The maximum Gasteiger partial charge on any atom is 0.175 e. The van der Waals surface area contributed by atoms with Crippen LogP contribution in [0.3, 0.4) is 0 Å². The van der Waals surface area contributed by atoms with Crippen LogP contribution >= 0.6 is 39.1 Å². The van der Waals surface area contributed by atoms with E-state index in [1.165, 1.54) is 11.5 Å². The molecule has 0 aliphatic heterocycles. The van der Waals surface area contributed by atoms with Gasteiger partial charge in [-0.25, -0.2) is 8.42 Å². The van der Waals surface area contributed by atoms with Gasteiger partial charge in [0.15, 0.2) is 9.84 Å². The van der Waals surface area contributed by atoms with Crippen molar-refractivity contribution in [1.82, 2.24) is 0 Å². The van der Waals surface area contributed by atoms with Gasteiger partial charge in [-0.15, -0.1) is 0 Å². The molecule has 0 radical (unpaired) electrons. The maximum atomic E-state index is 12.1. The second-order valence-electron chi connectivity index (χ2n) is 4.40. The van der Waals surface area contributed by atoms with Crippen molar-refractivity contribution in [2.75, 3.05) is 0 Å². The van der Waals surface area contributed by atoms with Crippen molar-refractivity contribution in [3.8, 4) is 0 Å². The first-order valence-electron chi connectivity index (χ1n) is 5.96. The lowest BCUT2D eigenvalue weighted by molar-refractivity contribution is 0.604. The van der Waals surface area contributed by atoms with Gasteiger partial charge in [0.2, 0.25) is 0 Å². The molecule has 0 aliphatic carbocycles. The van der Waals surface area contributed by atoms with E-state index < -0.39 is 9.84 Å². The normalized spacial score (nSPS) is 12.0. The smallest absolute Gasteiger partial charge is 0.175 e. The number of hydrogen-bond donors (Lipinski definition) is 0. The second kappa shape index (κ2) is 6.97. The lowest BCUT2D eigenvalue weighted by Crippen LogP contribution is -1.99. The van der Waals surface area contributed by atoms with Gasteiger partial charge < -0.3 is 0 Å². The summed E-state index contributed by atoms with van der Waals surface area (Å²) in [6.07, 6.45) is 1.48. The van der Waals surface area contributed by atoms with Crippen molar-refractivity contribution < 1.29 is 8.42 Å². The van der Waals surface area contributed by atoms with Crippen LogP contribution in [-0.4, -0.2) is 8.42 Å². The molecule has 0 atom stereocenters. The zero-order valence-corrected chi connectivity index (χ0v) is 14.7. The fourth-order valence-corrected chi connectivity index (χ4v) is 3.52. The van der Waals surface area contributed by atoms with Gasteiger partial charge in [0.1, 0.15) is 0 Å². The maximum absolute atomic E-state index is 12.1. The Morgan fingerprint density at radius 2 is 1.71 bits per heavy atom. The second-order valence-corrected chi connectivity index (χ2v) is 8.05. The monoisotopic (exact) mass is 404 g/mol. The lowest BCUT2D eigenvalue weighted by Gasteiger charge is -2.01. The zero-order chi connectivity index (χ0) is 15.5. The molecular formula is C15H11BrCl2O2S. The van der Waals surface area contributed by atoms with Crippen LogP contribution in [0.15, 0.2) is 52.3 Å². The third-order valence-corrected chi connectivity index (χ3v) is 5.08. The highest BCUT2D eigenvalue weighted by molar-refractivity contribution is 9.10. The average molecular weight is 406 g/mol. The number of rotatable bonds is 4. The quantitative estimate of drug-likeness (QED) is 0.687. The first kappa shape index (κ1) is 16.6. The Bertz CT molecular complexity index is 769. The third-order valence-electron chi connectivity index (χ3n) is 2.70. The Labute approximate surface area is 142 Å². The van der Waals surface area contributed by atoms with E-state index >= 15 is 0 Å². The van der Waals surface area contributed by atoms with Gasteiger partial charge in [0, 0.05) is 19.9 Å². The molecule has 0 saturated heterocycles. The number of benzene rings is 2. The van der Waals surface area contributed by atoms with Crippen LogP contribution in [0.4, 0.5) is 0 Å². The van der Waals surface area contributed by atoms with Crippen LogP contribution < -0.4 is 0 Å². The van der Waals surface area contributed by atoms with Crippen LogP contribution in [0.2, 0.25) is 10.0 Å². The Morgan fingerprint density at radius 1 is 1.05 bits per heavy atom. The summed E-state index contributed by atoms with van der Waals surface area (Å²) in [5.41, 5.74) is 1.34. The third kappa shape index (κ3) is 5.15. The number of hydrogen-bond acceptors (Lipinski definition) is 2. The fraction of sp³-hybridized carbons (Fsp3) is 0.0667. The highest BCUT2D eigenvalue weighted by Gasteiger charge is 2.08. The Hall–Kier alpha value is -0.810. The van der Waals surface area contributed by atoms with Gasteiger partial charge in [0.25, 0.3) is 0 Å². The lowest BCUT2D eigenvalue weighted by atomic mass is 10.2. The van der Waals surface area contributed by atoms with Gasteiger partial charge >= 0.3 is 0 Å². The SMILES string of the molecule is O=S(=O)(C=Cc1ccc(Cl)cc1Cl)Cc1ccc(Br)cc1. The zero-order valence-electron chi connectivity index (χ0n) is 10.8. The molecule has 0 fully saturated rings. The van der Waals surface area contributed by atoms with E-state index in [0.717, 1.165) is 10.0 Å². The van der Waals surface area contributed by atoms with Crippen molar-refractivity contribution in [1.29, 1.82) is 0 Å². The van der Waals surface area contributed by atoms with Crippen LogP contribution in [-0.2, 0) is 15.6 Å². The van der Waals surface area contributed by atoms with Gasteiger partial charge in [-0.1, -0.05) is 57.3 Å². The molecule has 0 unspecified atom stereocenters. The van der Waals surface area contributed by atoms with E-state index in [9.17, 15) is 8.42 Å². The predicted octanol–water partition coefficient (Wildman–Crippen LogP) is 5.34. The van der Waals surface area contributed by atoms with Crippen molar-refractivity contribution in [3.05, 3.63) is 73.5 Å². The van der Waals surface area contributed by atoms with Gasteiger partial charge in [-0.2, -0.15) is 0 Å². The number of halogens is 3. The van der Waals surface area contributed by atoms with Crippen LogP contribution in [0.1, 0.15) is 11.1 Å². The molecule has 6 heteroatoms. The minimum atomic E-state index is -3.36. The summed E-state index contributed by atoms with van der Waals surface area (Å²) in [6, 6.07) is 12.1. The molecular weight excluding hydrogens is 395 g/mol. The molecule has 2 nitrogen and oxygen atoms in total. The van der Waals surface area contributed by atoms with E-state index in [0.29, 0.717) is 15.6 Å². The van der Waals surface area contributed by atoms with E-state index in [-0.39, 0.29) is 5.75 Å². The minimum absolute atomic E-state index is 0.0536. The van der Waals surface area contributed by atoms with Gasteiger partial charge in [-0.05, 0) is 41.5 Å². The van der Waals surface area contributed by atoms with E-state index in [2.05, 4.69) is 15.9 Å². The molecule has 2 aromatic carbocycles. The largest absolute Gasteiger partial charge is 0.224 e. The summed E-state index contributed by atoms with van der Waals surface area (Å²) in [5, 5.41) is 2.09. The summed E-state index contributed by atoms with van der Waals surface area (Å²) in [4.78, 5) is 0. The number of sulfone groups is 1. The van der Waals surface area contributed by atoms with Crippen LogP contribution in [0.5, 0.6) is 0 Å². The predicted molar refractivity (Wildman–Crippen MR) is 92.3 cm³/mol. The summed E-state index contributed by atoms with van der Waals surface area (Å²) in [7, 11) is -3.36. The van der Waals surface area contributed by atoms with Crippen molar-refractivity contribution in [2.45, 2.75) is 5.75 Å². The molecule has 0 N–H and O–H groups in total. The highest BCUT2D eigenvalue weighted by atomic mass is 79.9. The minimum Gasteiger partial charge on any atom is -0.224 e. The van der Waals surface area contributed by atoms with E-state index in [1.807, 2.05) is 12.1 Å². The van der Waals surface area contributed by atoms with E-state index in [4.69, 9.17) is 23.2 Å².